The first-order valence-corrected chi connectivity index (χ1v) is 7.80. The molecule has 0 fully saturated rings. The highest BCUT2D eigenvalue weighted by molar-refractivity contribution is 9.11. The average molecular weight is 432 g/mol. The summed E-state index contributed by atoms with van der Waals surface area (Å²) >= 11 is 12.6. The maximum Gasteiger partial charge on any atom is 0.328 e. The van der Waals surface area contributed by atoms with Crippen molar-refractivity contribution in [2.24, 2.45) is 0 Å². The Bertz CT molecular complexity index is 704. The predicted octanol–water partition coefficient (Wildman–Crippen LogP) is 4.96. The SMILES string of the molecule is Nc1c(Br)cc(C(=CC(=O)O)c2ccc(Cl)cc2)cc1Br. The molecule has 2 aromatic carbocycles. The zero-order valence-electron chi connectivity index (χ0n) is 10.6. The maximum absolute atomic E-state index is 11.1. The molecule has 0 radical (unpaired) electrons. The molecular formula is C15H10Br2ClNO2. The molecule has 0 aliphatic rings. The van der Waals surface area contributed by atoms with Gasteiger partial charge in [-0.05, 0) is 72.8 Å². The second-order valence-electron chi connectivity index (χ2n) is 4.26. The van der Waals surface area contributed by atoms with Crippen LogP contribution in [-0.4, -0.2) is 11.1 Å². The van der Waals surface area contributed by atoms with Gasteiger partial charge in [-0.25, -0.2) is 4.79 Å². The minimum absolute atomic E-state index is 0.560. The lowest BCUT2D eigenvalue weighted by molar-refractivity contribution is -0.131. The van der Waals surface area contributed by atoms with Crippen molar-refractivity contribution < 1.29 is 9.90 Å². The number of anilines is 1. The number of hydrogen-bond donors (Lipinski definition) is 2. The summed E-state index contributed by atoms with van der Waals surface area (Å²) in [5, 5.41) is 9.69. The Hall–Kier alpha value is -1.30. The molecule has 2 aromatic rings. The van der Waals surface area contributed by atoms with Crippen molar-refractivity contribution in [1.29, 1.82) is 0 Å². The minimum atomic E-state index is -1.02. The van der Waals surface area contributed by atoms with E-state index in [1.165, 1.54) is 0 Å². The third kappa shape index (κ3) is 3.87. The Morgan fingerprint density at radius 2 is 1.62 bits per heavy atom. The average Bonchev–Trinajstić information content (AvgIpc) is 2.42. The van der Waals surface area contributed by atoms with Crippen LogP contribution in [0.4, 0.5) is 5.69 Å². The fourth-order valence-corrected chi connectivity index (χ4v) is 3.14. The molecule has 0 bridgehead atoms. The van der Waals surface area contributed by atoms with Gasteiger partial charge >= 0.3 is 5.97 Å². The van der Waals surface area contributed by atoms with Crippen molar-refractivity contribution in [1.82, 2.24) is 0 Å². The highest BCUT2D eigenvalue weighted by Gasteiger charge is 2.11. The third-order valence-electron chi connectivity index (χ3n) is 2.81. The Kier molecular flexibility index (Phi) is 5.08. The number of halogens is 3. The number of aliphatic carboxylic acids is 1. The van der Waals surface area contributed by atoms with Crippen LogP contribution in [-0.2, 0) is 4.79 Å². The lowest BCUT2D eigenvalue weighted by Crippen LogP contribution is -1.97. The van der Waals surface area contributed by atoms with E-state index >= 15 is 0 Å². The Balaban J connectivity index is 2.62. The first kappa shape index (κ1) is 16.1. The molecule has 0 saturated heterocycles. The van der Waals surface area contributed by atoms with Crippen molar-refractivity contribution in [2.75, 3.05) is 5.73 Å². The second kappa shape index (κ2) is 6.64. The molecule has 0 saturated carbocycles. The van der Waals surface area contributed by atoms with E-state index in [1.807, 2.05) is 0 Å². The van der Waals surface area contributed by atoms with Gasteiger partial charge in [-0.3, -0.25) is 0 Å². The quantitative estimate of drug-likeness (QED) is 0.533. The lowest BCUT2D eigenvalue weighted by atomic mass is 9.97. The van der Waals surface area contributed by atoms with Gasteiger partial charge in [-0.2, -0.15) is 0 Å². The van der Waals surface area contributed by atoms with E-state index < -0.39 is 5.97 Å². The van der Waals surface area contributed by atoms with Crippen molar-refractivity contribution in [3.8, 4) is 0 Å². The van der Waals surface area contributed by atoms with Crippen LogP contribution >= 0.6 is 43.5 Å². The molecule has 0 unspecified atom stereocenters. The molecule has 21 heavy (non-hydrogen) atoms. The molecule has 0 aliphatic carbocycles. The van der Waals surface area contributed by atoms with Gasteiger partial charge in [-0.1, -0.05) is 23.7 Å². The molecule has 2 rings (SSSR count). The molecule has 0 spiro atoms. The van der Waals surface area contributed by atoms with Gasteiger partial charge in [0.2, 0.25) is 0 Å². The van der Waals surface area contributed by atoms with Gasteiger partial charge in [0, 0.05) is 20.0 Å². The first-order valence-electron chi connectivity index (χ1n) is 5.84. The van der Waals surface area contributed by atoms with E-state index in [2.05, 4.69) is 31.9 Å². The van der Waals surface area contributed by atoms with E-state index in [1.54, 1.807) is 36.4 Å². The van der Waals surface area contributed by atoms with Gasteiger partial charge in [0.05, 0.1) is 5.69 Å². The fourth-order valence-electron chi connectivity index (χ4n) is 1.83. The molecule has 0 aromatic heterocycles. The Morgan fingerprint density at radius 3 is 2.10 bits per heavy atom. The summed E-state index contributed by atoms with van der Waals surface area (Å²) < 4.78 is 1.38. The minimum Gasteiger partial charge on any atom is -0.478 e. The molecular weight excluding hydrogens is 421 g/mol. The molecule has 0 aliphatic heterocycles. The van der Waals surface area contributed by atoms with Gasteiger partial charge in [-0.15, -0.1) is 0 Å². The van der Waals surface area contributed by atoms with E-state index in [0.717, 1.165) is 17.2 Å². The summed E-state index contributed by atoms with van der Waals surface area (Å²) in [6, 6.07) is 10.5. The molecule has 6 heteroatoms. The van der Waals surface area contributed by atoms with E-state index in [0.29, 0.717) is 25.2 Å². The highest BCUT2D eigenvalue weighted by Crippen LogP contribution is 2.34. The van der Waals surface area contributed by atoms with Crippen LogP contribution in [0, 0.1) is 0 Å². The normalized spacial score (nSPS) is 11.5. The second-order valence-corrected chi connectivity index (χ2v) is 6.40. The fraction of sp³-hybridized carbons (Fsp3) is 0. The number of carboxylic acids is 1. The summed E-state index contributed by atoms with van der Waals surface area (Å²) in [6.45, 7) is 0. The summed E-state index contributed by atoms with van der Waals surface area (Å²) in [7, 11) is 0. The van der Waals surface area contributed by atoms with Crippen LogP contribution in [0.3, 0.4) is 0 Å². The summed E-state index contributed by atoms with van der Waals surface area (Å²) in [6.07, 6.45) is 1.16. The largest absolute Gasteiger partial charge is 0.478 e. The van der Waals surface area contributed by atoms with E-state index in [-0.39, 0.29) is 0 Å². The van der Waals surface area contributed by atoms with Crippen molar-refractivity contribution in [3.63, 3.8) is 0 Å². The highest BCUT2D eigenvalue weighted by atomic mass is 79.9. The smallest absolute Gasteiger partial charge is 0.328 e. The molecule has 0 amide bonds. The van der Waals surface area contributed by atoms with Crippen molar-refractivity contribution >= 4 is 60.7 Å². The van der Waals surface area contributed by atoms with Crippen molar-refractivity contribution in [2.45, 2.75) is 0 Å². The monoisotopic (exact) mass is 429 g/mol. The molecule has 3 nitrogen and oxygen atoms in total. The standard InChI is InChI=1S/C15H10Br2ClNO2/c16-12-5-9(6-13(17)15(12)19)11(7-14(20)21)8-1-3-10(18)4-2-8/h1-7H,19H2,(H,20,21). The van der Waals surface area contributed by atoms with E-state index in [4.69, 9.17) is 22.4 Å². The number of carboxylic acid groups (broad SMARTS) is 1. The van der Waals surface area contributed by atoms with Crippen LogP contribution < -0.4 is 5.73 Å². The number of nitrogen functional groups attached to an aromatic ring is 1. The van der Waals surface area contributed by atoms with E-state index in [9.17, 15) is 4.79 Å². The van der Waals surface area contributed by atoms with Crippen LogP contribution in [0.25, 0.3) is 5.57 Å². The van der Waals surface area contributed by atoms with Gasteiger partial charge in [0.15, 0.2) is 0 Å². The Labute approximate surface area is 143 Å². The third-order valence-corrected chi connectivity index (χ3v) is 4.38. The Morgan fingerprint density at radius 1 is 1.10 bits per heavy atom. The summed E-state index contributed by atoms with van der Waals surface area (Å²) in [5.74, 6) is -1.02. The topological polar surface area (TPSA) is 63.3 Å². The van der Waals surface area contributed by atoms with Gasteiger partial charge in [0.25, 0.3) is 0 Å². The molecule has 3 N–H and O–H groups in total. The van der Waals surface area contributed by atoms with Gasteiger partial charge in [0.1, 0.15) is 0 Å². The molecule has 0 atom stereocenters. The van der Waals surface area contributed by atoms with Crippen LogP contribution in [0.5, 0.6) is 0 Å². The number of nitrogens with two attached hydrogens (primary N) is 1. The lowest BCUT2D eigenvalue weighted by Gasteiger charge is -2.11. The predicted molar refractivity (Wildman–Crippen MR) is 92.4 cm³/mol. The summed E-state index contributed by atoms with van der Waals surface area (Å²) in [4.78, 5) is 11.1. The number of carbonyl (C=O) groups is 1. The zero-order chi connectivity index (χ0) is 15.6. The molecule has 0 heterocycles. The zero-order valence-corrected chi connectivity index (χ0v) is 14.5. The van der Waals surface area contributed by atoms with Crippen LogP contribution in [0.15, 0.2) is 51.4 Å². The molecule has 108 valence electrons. The van der Waals surface area contributed by atoms with Crippen LogP contribution in [0.1, 0.15) is 11.1 Å². The maximum atomic E-state index is 11.1. The number of benzene rings is 2. The first-order chi connectivity index (χ1) is 9.88. The number of rotatable bonds is 3. The van der Waals surface area contributed by atoms with Crippen LogP contribution in [0.2, 0.25) is 5.02 Å². The number of hydrogen-bond acceptors (Lipinski definition) is 2. The summed E-state index contributed by atoms with van der Waals surface area (Å²) in [5.41, 5.74) is 8.48. The van der Waals surface area contributed by atoms with Gasteiger partial charge < -0.3 is 10.8 Å². The van der Waals surface area contributed by atoms with Crippen molar-refractivity contribution in [3.05, 3.63) is 67.6 Å².